The molecule has 0 N–H and O–H groups in total. The summed E-state index contributed by atoms with van der Waals surface area (Å²) in [5.74, 6) is 1.64. The van der Waals surface area contributed by atoms with Gasteiger partial charge in [0.2, 0.25) is 5.88 Å². The van der Waals surface area contributed by atoms with E-state index in [2.05, 4.69) is 20.1 Å². The lowest BCUT2D eigenvalue weighted by atomic mass is 10.1. The van der Waals surface area contributed by atoms with Crippen molar-refractivity contribution in [3.63, 3.8) is 0 Å². The van der Waals surface area contributed by atoms with Gasteiger partial charge in [0.05, 0.1) is 17.9 Å². The number of amides is 1. The molecule has 4 aromatic rings. The van der Waals surface area contributed by atoms with E-state index < -0.39 is 0 Å². The summed E-state index contributed by atoms with van der Waals surface area (Å²) < 4.78 is 13.3. The van der Waals surface area contributed by atoms with E-state index in [9.17, 15) is 4.79 Å². The third-order valence-corrected chi connectivity index (χ3v) is 5.54. The third-order valence-electron chi connectivity index (χ3n) is 5.54. The van der Waals surface area contributed by atoms with Crippen molar-refractivity contribution < 1.29 is 14.3 Å². The van der Waals surface area contributed by atoms with Gasteiger partial charge < -0.3 is 14.4 Å². The van der Waals surface area contributed by atoms with Crippen molar-refractivity contribution in [1.82, 2.24) is 29.6 Å². The van der Waals surface area contributed by atoms with E-state index in [0.717, 1.165) is 23.9 Å². The second kappa shape index (κ2) is 8.62. The van der Waals surface area contributed by atoms with Gasteiger partial charge in [0, 0.05) is 19.3 Å². The molecule has 1 fully saturated rings. The van der Waals surface area contributed by atoms with Crippen LogP contribution in [0.5, 0.6) is 17.4 Å². The van der Waals surface area contributed by atoms with Crippen LogP contribution >= 0.6 is 0 Å². The summed E-state index contributed by atoms with van der Waals surface area (Å²) >= 11 is 0. The molecule has 4 heterocycles. The van der Waals surface area contributed by atoms with Crippen LogP contribution in [0.25, 0.3) is 11.0 Å². The first-order valence-corrected chi connectivity index (χ1v) is 10.5. The van der Waals surface area contributed by atoms with E-state index in [0.29, 0.717) is 36.1 Å². The topological polar surface area (TPSA) is 95.3 Å². The van der Waals surface area contributed by atoms with Crippen molar-refractivity contribution in [2.24, 2.45) is 0 Å². The average molecular weight is 430 g/mol. The van der Waals surface area contributed by atoms with Crippen LogP contribution in [-0.4, -0.2) is 48.8 Å². The van der Waals surface area contributed by atoms with Crippen molar-refractivity contribution in [3.05, 3.63) is 66.9 Å². The Kier molecular flexibility index (Phi) is 5.37. The molecule has 1 aromatic carbocycles. The van der Waals surface area contributed by atoms with Gasteiger partial charge in [-0.2, -0.15) is 5.10 Å². The number of nitrogens with zero attached hydrogens (tertiary/aromatic N) is 6. The van der Waals surface area contributed by atoms with Gasteiger partial charge >= 0.3 is 6.09 Å². The molecule has 0 spiro atoms. The Morgan fingerprint density at radius 3 is 2.62 bits per heavy atom. The molecule has 1 amide bonds. The summed E-state index contributed by atoms with van der Waals surface area (Å²) in [4.78, 5) is 27.2. The molecule has 0 aliphatic carbocycles. The average Bonchev–Trinajstić information content (AvgIpc) is 3.26. The molecule has 3 aromatic heterocycles. The smallest absolute Gasteiger partial charge is 0.415 e. The predicted octanol–water partition coefficient (Wildman–Crippen LogP) is 4.16. The number of piperidine rings is 1. The zero-order valence-electron chi connectivity index (χ0n) is 17.6. The number of fused-ring (bicyclic) bond motifs is 1. The Morgan fingerprint density at radius 2 is 1.84 bits per heavy atom. The number of carbonyl (C=O) groups excluding carboxylic acids is 1. The second-order valence-electron chi connectivity index (χ2n) is 7.59. The van der Waals surface area contributed by atoms with Gasteiger partial charge in [-0.05, 0) is 44.0 Å². The minimum atomic E-state index is -0.329. The monoisotopic (exact) mass is 430 g/mol. The molecule has 0 unspecified atom stereocenters. The standard InChI is InChI=1S/C23H22N6O3/c1-16-20(8-5-11-24-16)32-22-19-14-27-29(21(19)25-15-26-22)17-9-12-28(13-10-17)23(30)31-18-6-3-2-4-7-18/h2-8,11,14-15,17H,9-10,12-13H2,1H3. The van der Waals surface area contributed by atoms with E-state index in [1.54, 1.807) is 29.4 Å². The largest absolute Gasteiger partial charge is 0.436 e. The summed E-state index contributed by atoms with van der Waals surface area (Å²) in [7, 11) is 0. The number of likely N-dealkylation sites (tertiary alicyclic amines) is 1. The fraction of sp³-hybridized carbons (Fsp3) is 0.261. The number of aromatic nitrogens is 5. The highest BCUT2D eigenvalue weighted by Crippen LogP contribution is 2.31. The Morgan fingerprint density at radius 1 is 1.03 bits per heavy atom. The number of hydrogen-bond donors (Lipinski definition) is 0. The lowest BCUT2D eigenvalue weighted by Gasteiger charge is -2.31. The summed E-state index contributed by atoms with van der Waals surface area (Å²) in [6, 6.07) is 12.9. The number of hydrogen-bond acceptors (Lipinski definition) is 7. The molecule has 5 rings (SSSR count). The zero-order chi connectivity index (χ0) is 21.9. The van der Waals surface area contributed by atoms with Crippen LogP contribution < -0.4 is 9.47 Å². The minimum absolute atomic E-state index is 0.121. The summed E-state index contributed by atoms with van der Waals surface area (Å²) in [5.41, 5.74) is 1.49. The van der Waals surface area contributed by atoms with Crippen LogP contribution in [0.2, 0.25) is 0 Å². The van der Waals surface area contributed by atoms with Gasteiger partial charge in [-0.1, -0.05) is 18.2 Å². The van der Waals surface area contributed by atoms with Gasteiger partial charge in [-0.25, -0.2) is 19.4 Å². The highest BCUT2D eigenvalue weighted by molar-refractivity contribution is 5.80. The Labute approximate surface area is 184 Å². The number of para-hydroxylation sites is 1. The van der Waals surface area contributed by atoms with Gasteiger partial charge in [0.1, 0.15) is 17.5 Å². The van der Waals surface area contributed by atoms with Gasteiger partial charge in [-0.15, -0.1) is 0 Å². The molecule has 9 nitrogen and oxygen atoms in total. The molecule has 0 bridgehead atoms. The third kappa shape index (κ3) is 3.96. The van der Waals surface area contributed by atoms with Gasteiger partial charge in [-0.3, -0.25) is 4.98 Å². The van der Waals surface area contributed by atoms with E-state index in [1.165, 1.54) is 6.33 Å². The quantitative estimate of drug-likeness (QED) is 0.480. The van der Waals surface area contributed by atoms with E-state index in [4.69, 9.17) is 9.47 Å². The molecule has 1 aliphatic heterocycles. The van der Waals surface area contributed by atoms with Crippen molar-refractivity contribution in [3.8, 4) is 17.4 Å². The molecule has 1 saturated heterocycles. The number of pyridine rings is 1. The second-order valence-corrected chi connectivity index (χ2v) is 7.59. The Hall–Kier alpha value is -4.01. The maximum Gasteiger partial charge on any atom is 0.415 e. The molecule has 162 valence electrons. The van der Waals surface area contributed by atoms with E-state index in [1.807, 2.05) is 41.9 Å². The molecule has 32 heavy (non-hydrogen) atoms. The van der Waals surface area contributed by atoms with Crippen molar-refractivity contribution in [1.29, 1.82) is 0 Å². The van der Waals surface area contributed by atoms with Crippen LogP contribution in [0.4, 0.5) is 4.79 Å². The number of aryl methyl sites for hydroxylation is 1. The fourth-order valence-corrected chi connectivity index (χ4v) is 3.82. The molecule has 0 radical (unpaired) electrons. The lowest BCUT2D eigenvalue weighted by molar-refractivity contribution is 0.130. The van der Waals surface area contributed by atoms with Gasteiger partial charge in [0.15, 0.2) is 11.4 Å². The SMILES string of the molecule is Cc1ncccc1Oc1ncnc2c1cnn2C1CCN(C(=O)Oc2ccccc2)CC1. The molecular formula is C23H22N6O3. The van der Waals surface area contributed by atoms with E-state index in [-0.39, 0.29) is 12.1 Å². The maximum atomic E-state index is 12.5. The first-order valence-electron chi connectivity index (χ1n) is 10.5. The van der Waals surface area contributed by atoms with Gasteiger partial charge in [0.25, 0.3) is 0 Å². The van der Waals surface area contributed by atoms with Crippen LogP contribution in [0.1, 0.15) is 24.6 Å². The van der Waals surface area contributed by atoms with Crippen molar-refractivity contribution in [2.45, 2.75) is 25.8 Å². The highest BCUT2D eigenvalue weighted by Gasteiger charge is 2.27. The highest BCUT2D eigenvalue weighted by atomic mass is 16.6. The lowest BCUT2D eigenvalue weighted by Crippen LogP contribution is -2.40. The maximum absolute atomic E-state index is 12.5. The first-order chi connectivity index (χ1) is 15.7. The van der Waals surface area contributed by atoms with E-state index >= 15 is 0 Å². The number of ether oxygens (including phenoxy) is 2. The van der Waals surface area contributed by atoms with Crippen LogP contribution in [0.3, 0.4) is 0 Å². The Balaban J connectivity index is 1.29. The van der Waals surface area contributed by atoms with Crippen LogP contribution in [0, 0.1) is 6.92 Å². The number of carbonyl (C=O) groups is 1. The fourth-order valence-electron chi connectivity index (χ4n) is 3.82. The molecule has 0 atom stereocenters. The number of rotatable bonds is 4. The Bertz CT molecular complexity index is 1230. The zero-order valence-corrected chi connectivity index (χ0v) is 17.6. The van der Waals surface area contributed by atoms with Crippen molar-refractivity contribution in [2.75, 3.05) is 13.1 Å². The molecule has 1 aliphatic rings. The summed E-state index contributed by atoms with van der Waals surface area (Å²) in [6.45, 7) is 3.05. The predicted molar refractivity (Wildman–Crippen MR) is 117 cm³/mol. The molecular weight excluding hydrogens is 408 g/mol. The first kappa shape index (κ1) is 19.9. The summed E-state index contributed by atoms with van der Waals surface area (Å²) in [6.07, 6.45) is 6.10. The van der Waals surface area contributed by atoms with Crippen LogP contribution in [-0.2, 0) is 0 Å². The number of benzene rings is 1. The van der Waals surface area contributed by atoms with Crippen molar-refractivity contribution >= 4 is 17.1 Å². The molecule has 0 saturated carbocycles. The van der Waals surface area contributed by atoms with Crippen LogP contribution in [0.15, 0.2) is 61.2 Å². The minimum Gasteiger partial charge on any atom is -0.436 e. The normalized spacial score (nSPS) is 14.5. The summed E-state index contributed by atoms with van der Waals surface area (Å²) in [5, 5.41) is 5.30. The molecule has 9 heteroatoms.